The Morgan fingerprint density at radius 1 is 1.19 bits per heavy atom. The van der Waals surface area contributed by atoms with Crippen molar-refractivity contribution < 1.29 is 4.79 Å². The summed E-state index contributed by atoms with van der Waals surface area (Å²) in [6.45, 7) is 4.46. The van der Waals surface area contributed by atoms with Crippen molar-refractivity contribution in [1.82, 2.24) is 14.5 Å². The zero-order valence-electron chi connectivity index (χ0n) is 18.2. The van der Waals surface area contributed by atoms with E-state index in [2.05, 4.69) is 10.2 Å². The molecule has 32 heavy (non-hydrogen) atoms. The number of likely N-dealkylation sites (tertiary alicyclic amines) is 1. The van der Waals surface area contributed by atoms with Crippen LogP contribution in [0.15, 0.2) is 23.0 Å². The molecule has 1 N–H and O–H groups in total. The maximum absolute atomic E-state index is 13.7. The lowest BCUT2D eigenvalue weighted by atomic mass is 9.97. The third-order valence-electron chi connectivity index (χ3n) is 6.49. The fourth-order valence-corrected chi connectivity index (χ4v) is 6.21. The van der Waals surface area contributed by atoms with Crippen molar-refractivity contribution in [3.63, 3.8) is 0 Å². The summed E-state index contributed by atoms with van der Waals surface area (Å²) in [7, 11) is 0. The highest BCUT2D eigenvalue weighted by Gasteiger charge is 2.24. The number of nitrogens with zero attached hydrogens (tertiary/aromatic N) is 3. The summed E-state index contributed by atoms with van der Waals surface area (Å²) in [5, 5.41) is 4.21. The van der Waals surface area contributed by atoms with Gasteiger partial charge < -0.3 is 5.32 Å². The van der Waals surface area contributed by atoms with Crippen LogP contribution in [0.3, 0.4) is 0 Å². The standard InChI is InChI=1S/C24H27ClN4O2S/c1-15-8-9-16(25)12-18(15)26-21(30)14-29-20(13-28-10-4-5-11-28)27-23-22(24(29)31)17-6-2-3-7-19(17)32-23/h8-9,12H,2-7,10-11,13-14H2,1H3,(H,26,30). The molecule has 2 aromatic heterocycles. The predicted molar refractivity (Wildman–Crippen MR) is 130 cm³/mol. The zero-order chi connectivity index (χ0) is 22.2. The molecule has 0 radical (unpaired) electrons. The van der Waals surface area contributed by atoms with Crippen LogP contribution in [0.1, 0.15) is 47.5 Å². The number of carbonyl (C=O) groups is 1. The molecule has 1 fully saturated rings. The number of aryl methyl sites for hydroxylation is 3. The van der Waals surface area contributed by atoms with Crippen LogP contribution >= 0.6 is 22.9 Å². The molecule has 168 valence electrons. The molecule has 1 saturated heterocycles. The smallest absolute Gasteiger partial charge is 0.263 e. The van der Waals surface area contributed by atoms with E-state index in [1.165, 1.54) is 4.88 Å². The average Bonchev–Trinajstić information content (AvgIpc) is 3.41. The molecular formula is C24H27ClN4O2S. The highest BCUT2D eigenvalue weighted by atomic mass is 35.5. The van der Waals surface area contributed by atoms with Crippen LogP contribution in [0, 0.1) is 6.92 Å². The lowest BCUT2D eigenvalue weighted by Crippen LogP contribution is -2.34. The first kappa shape index (κ1) is 21.6. The number of carbonyl (C=O) groups excluding carboxylic acids is 1. The number of rotatable bonds is 5. The Kier molecular flexibility index (Phi) is 6.05. The number of hydrogen-bond acceptors (Lipinski definition) is 5. The van der Waals surface area contributed by atoms with E-state index >= 15 is 0 Å². The maximum atomic E-state index is 13.7. The Morgan fingerprint density at radius 2 is 1.97 bits per heavy atom. The van der Waals surface area contributed by atoms with Crippen molar-refractivity contribution in [2.24, 2.45) is 0 Å². The van der Waals surface area contributed by atoms with Gasteiger partial charge in [-0.25, -0.2) is 4.98 Å². The van der Waals surface area contributed by atoms with Gasteiger partial charge in [0.1, 0.15) is 17.2 Å². The Morgan fingerprint density at radius 3 is 2.78 bits per heavy atom. The highest BCUT2D eigenvalue weighted by molar-refractivity contribution is 7.18. The molecule has 3 aromatic rings. The minimum Gasteiger partial charge on any atom is -0.324 e. The summed E-state index contributed by atoms with van der Waals surface area (Å²) in [6, 6.07) is 5.40. The maximum Gasteiger partial charge on any atom is 0.263 e. The molecule has 1 amide bonds. The second-order valence-electron chi connectivity index (χ2n) is 8.80. The van der Waals surface area contributed by atoms with Gasteiger partial charge in [-0.05, 0) is 81.8 Å². The molecule has 1 aliphatic heterocycles. The van der Waals surface area contributed by atoms with Crippen LogP contribution in [0.4, 0.5) is 5.69 Å². The Bertz CT molecular complexity index is 1240. The molecule has 1 aliphatic carbocycles. The van der Waals surface area contributed by atoms with Gasteiger partial charge in [-0.1, -0.05) is 17.7 Å². The van der Waals surface area contributed by atoms with E-state index in [1.807, 2.05) is 13.0 Å². The molecule has 6 nitrogen and oxygen atoms in total. The molecule has 0 saturated carbocycles. The third kappa shape index (κ3) is 4.21. The number of halogens is 1. The molecule has 5 rings (SSSR count). The molecule has 0 unspecified atom stereocenters. The summed E-state index contributed by atoms with van der Waals surface area (Å²) in [4.78, 5) is 36.0. The minimum atomic E-state index is -0.245. The molecular weight excluding hydrogens is 444 g/mol. The largest absolute Gasteiger partial charge is 0.324 e. The number of aromatic nitrogens is 2. The molecule has 1 aromatic carbocycles. The third-order valence-corrected chi connectivity index (χ3v) is 7.91. The van der Waals surface area contributed by atoms with Gasteiger partial charge in [-0.3, -0.25) is 19.1 Å². The van der Waals surface area contributed by atoms with Crippen molar-refractivity contribution in [3.8, 4) is 0 Å². The van der Waals surface area contributed by atoms with E-state index in [4.69, 9.17) is 16.6 Å². The van der Waals surface area contributed by atoms with E-state index in [9.17, 15) is 9.59 Å². The number of amides is 1. The van der Waals surface area contributed by atoms with Crippen molar-refractivity contribution in [2.45, 2.75) is 58.5 Å². The monoisotopic (exact) mass is 470 g/mol. The van der Waals surface area contributed by atoms with Crippen molar-refractivity contribution >= 4 is 44.7 Å². The van der Waals surface area contributed by atoms with Gasteiger partial charge in [0.05, 0.1) is 11.9 Å². The number of nitrogens with one attached hydrogen (secondary N) is 1. The normalized spacial score (nSPS) is 16.4. The van der Waals surface area contributed by atoms with E-state index in [1.54, 1.807) is 28.0 Å². The van der Waals surface area contributed by atoms with Crippen molar-refractivity contribution in [3.05, 3.63) is 55.4 Å². The highest BCUT2D eigenvalue weighted by Crippen LogP contribution is 2.34. The van der Waals surface area contributed by atoms with Crippen LogP contribution in [-0.2, 0) is 30.7 Å². The van der Waals surface area contributed by atoms with Gasteiger partial charge >= 0.3 is 0 Å². The van der Waals surface area contributed by atoms with E-state index in [-0.39, 0.29) is 18.0 Å². The van der Waals surface area contributed by atoms with Crippen LogP contribution in [0.5, 0.6) is 0 Å². The minimum absolute atomic E-state index is 0.0540. The SMILES string of the molecule is Cc1ccc(Cl)cc1NC(=O)Cn1c(CN2CCCC2)nc2sc3c(c2c1=O)CCCC3. The number of thiophene rings is 1. The zero-order valence-corrected chi connectivity index (χ0v) is 19.8. The van der Waals surface area contributed by atoms with Crippen LogP contribution in [0.25, 0.3) is 10.2 Å². The number of fused-ring (bicyclic) bond motifs is 3. The van der Waals surface area contributed by atoms with Crippen molar-refractivity contribution in [1.29, 1.82) is 0 Å². The molecule has 0 spiro atoms. The van der Waals surface area contributed by atoms with E-state index in [0.29, 0.717) is 23.1 Å². The fourth-order valence-electron chi connectivity index (χ4n) is 4.77. The summed E-state index contributed by atoms with van der Waals surface area (Å²) in [6.07, 6.45) is 6.53. The lowest BCUT2D eigenvalue weighted by molar-refractivity contribution is -0.116. The Labute approximate surface area is 196 Å². The van der Waals surface area contributed by atoms with Crippen LogP contribution in [-0.4, -0.2) is 33.4 Å². The van der Waals surface area contributed by atoms with Gasteiger partial charge in [0, 0.05) is 15.6 Å². The van der Waals surface area contributed by atoms with Crippen LogP contribution < -0.4 is 10.9 Å². The van der Waals surface area contributed by atoms with E-state index in [0.717, 1.165) is 73.0 Å². The number of hydrogen-bond donors (Lipinski definition) is 1. The topological polar surface area (TPSA) is 67.2 Å². The van der Waals surface area contributed by atoms with Gasteiger partial charge in [-0.15, -0.1) is 11.3 Å². The summed E-state index contributed by atoms with van der Waals surface area (Å²) in [5.74, 6) is 0.436. The van der Waals surface area contributed by atoms with E-state index < -0.39 is 0 Å². The first-order valence-corrected chi connectivity index (χ1v) is 12.5. The second kappa shape index (κ2) is 8.96. The average molecular weight is 471 g/mol. The predicted octanol–water partition coefficient (Wildman–Crippen LogP) is 4.53. The molecule has 2 aliphatic rings. The van der Waals surface area contributed by atoms with Crippen molar-refractivity contribution in [2.75, 3.05) is 18.4 Å². The van der Waals surface area contributed by atoms with Gasteiger partial charge in [0.15, 0.2) is 0 Å². The van der Waals surface area contributed by atoms with Gasteiger partial charge in [-0.2, -0.15) is 0 Å². The van der Waals surface area contributed by atoms with Gasteiger partial charge in [0.25, 0.3) is 5.56 Å². The molecule has 0 bridgehead atoms. The Hall–Kier alpha value is -2.22. The lowest BCUT2D eigenvalue weighted by Gasteiger charge is -2.18. The molecule has 8 heteroatoms. The second-order valence-corrected chi connectivity index (χ2v) is 10.3. The quantitative estimate of drug-likeness (QED) is 0.594. The molecule has 3 heterocycles. The number of benzene rings is 1. The Balaban J connectivity index is 1.53. The summed E-state index contributed by atoms with van der Waals surface area (Å²) < 4.78 is 1.59. The number of anilines is 1. The first-order chi connectivity index (χ1) is 15.5. The van der Waals surface area contributed by atoms with Crippen LogP contribution in [0.2, 0.25) is 5.02 Å². The molecule has 0 atom stereocenters. The van der Waals surface area contributed by atoms with Gasteiger partial charge in [0.2, 0.25) is 5.91 Å². The first-order valence-electron chi connectivity index (χ1n) is 11.3. The summed E-state index contributed by atoms with van der Waals surface area (Å²) >= 11 is 7.77. The summed E-state index contributed by atoms with van der Waals surface area (Å²) in [5.41, 5.74) is 2.66. The fraction of sp³-hybridized carbons (Fsp3) is 0.458.